The van der Waals surface area contributed by atoms with Gasteiger partial charge in [-0.1, -0.05) is 18.2 Å². The third-order valence-corrected chi connectivity index (χ3v) is 5.90. The van der Waals surface area contributed by atoms with Gasteiger partial charge in [-0.3, -0.25) is 9.59 Å². The van der Waals surface area contributed by atoms with Crippen molar-refractivity contribution in [3.63, 3.8) is 0 Å². The molecule has 0 unspecified atom stereocenters. The first-order valence-corrected chi connectivity index (χ1v) is 9.33. The Morgan fingerprint density at radius 2 is 2.07 bits per heavy atom. The maximum absolute atomic E-state index is 13.3. The van der Waals surface area contributed by atoms with E-state index in [-0.39, 0.29) is 17.5 Å². The lowest BCUT2D eigenvalue weighted by molar-refractivity contribution is -0.121. The number of hydrogen-bond acceptors (Lipinski definition) is 4. The van der Waals surface area contributed by atoms with E-state index < -0.39 is 17.3 Å². The highest BCUT2D eigenvalue weighted by Crippen LogP contribution is 2.54. The van der Waals surface area contributed by atoms with Crippen LogP contribution >= 0.6 is 0 Å². The molecule has 29 heavy (non-hydrogen) atoms. The average molecular weight is 391 g/mol. The predicted molar refractivity (Wildman–Crippen MR) is 103 cm³/mol. The minimum Gasteiger partial charge on any atom is -0.336 e. The maximum atomic E-state index is 13.3. The van der Waals surface area contributed by atoms with Crippen LogP contribution in [0.4, 0.5) is 10.1 Å². The van der Waals surface area contributed by atoms with Crippen LogP contribution in [0.5, 0.6) is 0 Å². The van der Waals surface area contributed by atoms with Gasteiger partial charge in [-0.05, 0) is 30.2 Å². The number of anilines is 1. The van der Waals surface area contributed by atoms with Crippen molar-refractivity contribution in [1.29, 1.82) is 0 Å². The molecule has 1 saturated heterocycles. The van der Waals surface area contributed by atoms with Gasteiger partial charge in [0.25, 0.3) is 5.91 Å². The molecule has 0 aliphatic carbocycles. The van der Waals surface area contributed by atoms with E-state index in [1.54, 1.807) is 17.3 Å². The van der Waals surface area contributed by atoms with Crippen molar-refractivity contribution >= 4 is 17.5 Å². The summed E-state index contributed by atoms with van der Waals surface area (Å²) in [5.41, 5.74) is 0.811. The minimum absolute atomic E-state index is 0.134. The Morgan fingerprint density at radius 3 is 2.79 bits per heavy atom. The molecule has 1 N–H and O–H groups in total. The summed E-state index contributed by atoms with van der Waals surface area (Å²) in [6.45, 7) is 0.358. The summed E-state index contributed by atoms with van der Waals surface area (Å²) in [7, 11) is 1.84. The van der Waals surface area contributed by atoms with E-state index in [1.165, 1.54) is 12.1 Å². The third-order valence-electron chi connectivity index (χ3n) is 5.90. The number of rotatable bonds is 2. The molecule has 146 valence electrons. The lowest BCUT2D eigenvalue weighted by Crippen LogP contribution is -2.44. The summed E-state index contributed by atoms with van der Waals surface area (Å²) < 4.78 is 15.1. The molecular formula is C21H18FN5O2. The number of carbonyl (C=O) groups excluding carboxylic acids is 2. The molecule has 8 heteroatoms. The Bertz CT molecular complexity index is 1130. The van der Waals surface area contributed by atoms with Crippen molar-refractivity contribution in [2.24, 2.45) is 7.05 Å². The van der Waals surface area contributed by atoms with Crippen LogP contribution in [0.15, 0.2) is 55.0 Å². The van der Waals surface area contributed by atoms with Crippen LogP contribution in [0.3, 0.4) is 0 Å². The van der Waals surface area contributed by atoms with Crippen LogP contribution in [-0.4, -0.2) is 37.8 Å². The fraction of sp³-hybridized carbons (Fsp3) is 0.238. The first-order valence-electron chi connectivity index (χ1n) is 9.33. The second kappa shape index (κ2) is 6.23. The van der Waals surface area contributed by atoms with Crippen LogP contribution in [0.1, 0.15) is 34.3 Å². The number of likely N-dealkylation sites (tertiary alicyclic amines) is 1. The van der Waals surface area contributed by atoms with Crippen LogP contribution in [-0.2, 0) is 17.3 Å². The number of nitrogens with zero attached hydrogens (tertiary/aromatic N) is 4. The van der Waals surface area contributed by atoms with Gasteiger partial charge < -0.3 is 14.8 Å². The van der Waals surface area contributed by atoms with Crippen molar-refractivity contribution in [3.8, 4) is 0 Å². The van der Waals surface area contributed by atoms with E-state index in [4.69, 9.17) is 0 Å². The zero-order chi connectivity index (χ0) is 20.2. The summed E-state index contributed by atoms with van der Waals surface area (Å²) in [6.07, 6.45) is 4.92. The number of imidazole rings is 1. The molecule has 2 aliphatic rings. The largest absolute Gasteiger partial charge is 0.336 e. The van der Waals surface area contributed by atoms with Crippen LogP contribution in [0, 0.1) is 5.82 Å². The molecule has 0 saturated carbocycles. The van der Waals surface area contributed by atoms with Crippen LogP contribution in [0.25, 0.3) is 0 Å². The van der Waals surface area contributed by atoms with E-state index in [0.717, 1.165) is 17.4 Å². The van der Waals surface area contributed by atoms with Gasteiger partial charge in [-0.15, -0.1) is 0 Å². The topological polar surface area (TPSA) is 80.1 Å². The number of carbonyl (C=O) groups is 2. The van der Waals surface area contributed by atoms with Gasteiger partial charge in [0.2, 0.25) is 5.91 Å². The van der Waals surface area contributed by atoms with Crippen molar-refractivity contribution in [3.05, 3.63) is 77.9 Å². The van der Waals surface area contributed by atoms with E-state index >= 15 is 0 Å². The van der Waals surface area contributed by atoms with Gasteiger partial charge in [0, 0.05) is 31.7 Å². The van der Waals surface area contributed by atoms with Crippen LogP contribution in [0.2, 0.25) is 0 Å². The quantitative estimate of drug-likeness (QED) is 0.728. The number of aryl methyl sites for hydroxylation is 1. The van der Waals surface area contributed by atoms with Crippen LogP contribution < -0.4 is 5.32 Å². The molecule has 0 bridgehead atoms. The lowest BCUT2D eigenvalue weighted by atomic mass is 9.74. The van der Waals surface area contributed by atoms with Crippen molar-refractivity contribution in [1.82, 2.24) is 19.4 Å². The van der Waals surface area contributed by atoms with E-state index in [2.05, 4.69) is 15.3 Å². The Morgan fingerprint density at radius 1 is 1.24 bits per heavy atom. The monoisotopic (exact) mass is 391 g/mol. The van der Waals surface area contributed by atoms with Gasteiger partial charge in [-0.25, -0.2) is 14.4 Å². The van der Waals surface area contributed by atoms with E-state index in [9.17, 15) is 14.0 Å². The zero-order valence-electron chi connectivity index (χ0n) is 15.7. The summed E-state index contributed by atoms with van der Waals surface area (Å²) in [4.78, 5) is 36.6. The fourth-order valence-electron chi connectivity index (χ4n) is 4.55. The molecule has 2 aliphatic heterocycles. The van der Waals surface area contributed by atoms with E-state index in [0.29, 0.717) is 18.8 Å². The number of para-hydroxylation sites is 1. The molecule has 1 spiro atoms. The molecule has 0 radical (unpaired) electrons. The van der Waals surface area contributed by atoms with Crippen molar-refractivity contribution < 1.29 is 14.0 Å². The van der Waals surface area contributed by atoms with Gasteiger partial charge in [0.1, 0.15) is 28.8 Å². The van der Waals surface area contributed by atoms with Crippen molar-refractivity contribution in [2.45, 2.75) is 17.9 Å². The summed E-state index contributed by atoms with van der Waals surface area (Å²) in [5, 5.41) is 2.97. The van der Waals surface area contributed by atoms with Gasteiger partial charge in [0.05, 0.1) is 6.20 Å². The summed E-state index contributed by atoms with van der Waals surface area (Å²) >= 11 is 0. The first-order chi connectivity index (χ1) is 14.0. The maximum Gasteiger partial charge on any atom is 0.273 e. The first kappa shape index (κ1) is 17.5. The normalized spacial score (nSPS) is 22.8. The molecule has 2 atom stereocenters. The van der Waals surface area contributed by atoms with Gasteiger partial charge >= 0.3 is 0 Å². The third kappa shape index (κ3) is 2.41. The number of nitrogens with one attached hydrogen (secondary N) is 1. The lowest BCUT2D eigenvalue weighted by Gasteiger charge is -2.33. The highest BCUT2D eigenvalue weighted by molar-refractivity contribution is 6.08. The standard InChI is InChI=1S/C21H18FN5O2/c1-26-11-9-23-18(26)17-21(14-4-2-3-5-15(14)25-20(21)29)8-10-27(17)19(28)16-7-6-13(22)12-24-16/h2-7,9,11-12,17H,8,10H2,1H3,(H,25,29)/t17-,21+/m0/s1. The number of pyridine rings is 1. The molecule has 2 amide bonds. The smallest absolute Gasteiger partial charge is 0.273 e. The molecule has 1 aromatic carbocycles. The second-order valence-corrected chi connectivity index (χ2v) is 7.38. The molecule has 2 aromatic heterocycles. The zero-order valence-corrected chi connectivity index (χ0v) is 15.7. The summed E-state index contributed by atoms with van der Waals surface area (Å²) in [6, 6.07) is 9.51. The molecule has 3 aromatic rings. The van der Waals surface area contributed by atoms with E-state index in [1.807, 2.05) is 35.9 Å². The molecule has 7 nitrogen and oxygen atoms in total. The number of aromatic nitrogens is 3. The predicted octanol–water partition coefficient (Wildman–Crippen LogP) is 2.43. The fourth-order valence-corrected chi connectivity index (χ4v) is 4.55. The Balaban J connectivity index is 1.67. The average Bonchev–Trinajstić information content (AvgIpc) is 3.39. The number of amides is 2. The Kier molecular flexibility index (Phi) is 3.77. The Hall–Kier alpha value is -3.55. The number of fused-ring (bicyclic) bond motifs is 2. The van der Waals surface area contributed by atoms with Crippen molar-refractivity contribution in [2.75, 3.05) is 11.9 Å². The highest BCUT2D eigenvalue weighted by Gasteiger charge is 2.60. The number of benzene rings is 1. The number of halogens is 1. The highest BCUT2D eigenvalue weighted by atomic mass is 19.1. The Labute approximate surface area is 166 Å². The number of hydrogen-bond donors (Lipinski definition) is 1. The van der Waals surface area contributed by atoms with Gasteiger partial charge in [0.15, 0.2) is 0 Å². The molecule has 1 fully saturated rings. The summed E-state index contributed by atoms with van der Waals surface area (Å²) in [5.74, 6) is -0.393. The van der Waals surface area contributed by atoms with Gasteiger partial charge in [-0.2, -0.15) is 0 Å². The molecular weight excluding hydrogens is 373 g/mol. The minimum atomic E-state index is -0.939. The molecule has 5 rings (SSSR count). The molecule has 4 heterocycles. The SMILES string of the molecule is Cn1ccnc1[C@@H]1N(C(=O)c2ccc(F)cn2)CC[C@]12C(=O)Nc1ccccc12. The second-order valence-electron chi connectivity index (χ2n) is 7.38.